The summed E-state index contributed by atoms with van der Waals surface area (Å²) in [5.41, 5.74) is 5.51. The minimum atomic E-state index is -0.328. The van der Waals surface area contributed by atoms with Gasteiger partial charge >= 0.3 is 0 Å². The van der Waals surface area contributed by atoms with Gasteiger partial charge in [0, 0.05) is 34.7 Å². The molecular weight excluding hydrogens is 352 g/mol. The number of carbonyl (C=O) groups is 1. The normalized spacial score (nSPS) is 10.6. The van der Waals surface area contributed by atoms with E-state index < -0.39 is 0 Å². The molecule has 1 aromatic carbocycles. The molecule has 0 aliphatic heterocycles. The Kier molecular flexibility index (Phi) is 4.30. The third-order valence-electron chi connectivity index (χ3n) is 4.41. The first-order valence-corrected chi connectivity index (χ1v) is 8.64. The predicted octanol–water partition coefficient (Wildman–Crippen LogP) is 3.76. The summed E-state index contributed by atoms with van der Waals surface area (Å²) < 4.78 is 0. The monoisotopic (exact) mass is 368 g/mol. The van der Waals surface area contributed by atoms with Gasteiger partial charge in [-0.15, -0.1) is 0 Å². The molecule has 0 spiro atoms. The molecule has 1 amide bonds. The molecule has 0 atom stereocenters. The van der Waals surface area contributed by atoms with E-state index in [0.29, 0.717) is 16.8 Å². The Bertz CT molecular complexity index is 1250. The fraction of sp³-hybridized carbons (Fsp3) is 0.0952. The van der Waals surface area contributed by atoms with Gasteiger partial charge in [0.2, 0.25) is 0 Å². The molecule has 0 aliphatic carbocycles. The molecule has 0 aliphatic rings. The standard InChI is InChI=1S/C21H16N6O/c1-12-7-14(10-22)11-24-19(12)21(28)25-16-3-4-18-17(9-16)20(27-26-18)15-5-6-23-13(2)8-15/h3-9,11H,1-2H3,(H,25,28)(H,26,27). The largest absolute Gasteiger partial charge is 0.321 e. The Labute approximate surface area is 161 Å². The third kappa shape index (κ3) is 3.19. The maximum absolute atomic E-state index is 12.6. The van der Waals surface area contributed by atoms with Crippen LogP contribution in [0.2, 0.25) is 0 Å². The predicted molar refractivity (Wildman–Crippen MR) is 106 cm³/mol. The first-order valence-electron chi connectivity index (χ1n) is 8.64. The first-order chi connectivity index (χ1) is 13.5. The number of aromatic nitrogens is 4. The van der Waals surface area contributed by atoms with E-state index in [2.05, 4.69) is 25.5 Å². The number of benzene rings is 1. The number of fused-ring (bicyclic) bond motifs is 1. The van der Waals surface area contributed by atoms with Crippen molar-refractivity contribution in [2.45, 2.75) is 13.8 Å². The minimum absolute atomic E-state index is 0.288. The molecule has 4 aromatic rings. The fourth-order valence-corrected chi connectivity index (χ4v) is 3.07. The van der Waals surface area contributed by atoms with E-state index in [0.717, 1.165) is 27.9 Å². The van der Waals surface area contributed by atoms with Crippen LogP contribution in [0, 0.1) is 25.2 Å². The Morgan fingerprint density at radius 2 is 2.00 bits per heavy atom. The molecule has 7 heteroatoms. The maximum atomic E-state index is 12.6. The van der Waals surface area contributed by atoms with Crippen molar-refractivity contribution in [2.75, 3.05) is 5.32 Å². The van der Waals surface area contributed by atoms with Gasteiger partial charge in [0.15, 0.2) is 0 Å². The van der Waals surface area contributed by atoms with Crippen molar-refractivity contribution < 1.29 is 4.79 Å². The Balaban J connectivity index is 1.67. The molecule has 7 nitrogen and oxygen atoms in total. The summed E-state index contributed by atoms with van der Waals surface area (Å²) in [6.07, 6.45) is 3.14. The van der Waals surface area contributed by atoms with Crippen LogP contribution in [-0.2, 0) is 0 Å². The highest BCUT2D eigenvalue weighted by atomic mass is 16.1. The third-order valence-corrected chi connectivity index (χ3v) is 4.41. The molecule has 3 aromatic heterocycles. The fourth-order valence-electron chi connectivity index (χ4n) is 3.07. The van der Waals surface area contributed by atoms with Crippen LogP contribution in [0.25, 0.3) is 22.2 Å². The summed E-state index contributed by atoms with van der Waals surface area (Å²) in [4.78, 5) is 21.0. The van der Waals surface area contributed by atoms with Gasteiger partial charge in [-0.25, -0.2) is 4.98 Å². The van der Waals surface area contributed by atoms with E-state index in [1.54, 1.807) is 25.3 Å². The summed E-state index contributed by atoms with van der Waals surface area (Å²) >= 11 is 0. The highest BCUT2D eigenvalue weighted by molar-refractivity contribution is 6.05. The van der Waals surface area contributed by atoms with Gasteiger partial charge in [-0.05, 0) is 55.8 Å². The zero-order chi connectivity index (χ0) is 19.7. The van der Waals surface area contributed by atoms with Gasteiger partial charge in [0.25, 0.3) is 5.91 Å². The van der Waals surface area contributed by atoms with E-state index in [4.69, 9.17) is 5.26 Å². The molecule has 4 rings (SSSR count). The van der Waals surface area contributed by atoms with Crippen LogP contribution in [0.5, 0.6) is 0 Å². The zero-order valence-corrected chi connectivity index (χ0v) is 15.3. The van der Waals surface area contributed by atoms with Gasteiger partial charge < -0.3 is 5.32 Å². The molecular formula is C21H16N6O. The highest BCUT2D eigenvalue weighted by Gasteiger charge is 2.14. The number of amides is 1. The number of nitriles is 1. The van der Waals surface area contributed by atoms with Crippen LogP contribution in [-0.4, -0.2) is 26.1 Å². The second-order valence-corrected chi connectivity index (χ2v) is 6.47. The second kappa shape index (κ2) is 6.93. The van der Waals surface area contributed by atoms with Gasteiger partial charge in [0.1, 0.15) is 17.5 Å². The van der Waals surface area contributed by atoms with E-state index >= 15 is 0 Å². The lowest BCUT2D eigenvalue weighted by Gasteiger charge is -2.08. The van der Waals surface area contributed by atoms with Crippen LogP contribution in [0.4, 0.5) is 5.69 Å². The van der Waals surface area contributed by atoms with Crippen molar-refractivity contribution in [1.82, 2.24) is 20.2 Å². The maximum Gasteiger partial charge on any atom is 0.274 e. The Hall–Kier alpha value is -4.05. The Morgan fingerprint density at radius 1 is 1.14 bits per heavy atom. The molecule has 136 valence electrons. The van der Waals surface area contributed by atoms with Crippen LogP contribution in [0.3, 0.4) is 0 Å². The van der Waals surface area contributed by atoms with Crippen molar-refractivity contribution in [3.63, 3.8) is 0 Å². The van der Waals surface area contributed by atoms with E-state index in [9.17, 15) is 4.79 Å². The van der Waals surface area contributed by atoms with Crippen molar-refractivity contribution in [1.29, 1.82) is 5.26 Å². The van der Waals surface area contributed by atoms with E-state index in [1.165, 1.54) is 6.20 Å². The number of nitrogens with one attached hydrogen (secondary N) is 2. The van der Waals surface area contributed by atoms with Gasteiger partial charge in [0.05, 0.1) is 11.1 Å². The summed E-state index contributed by atoms with van der Waals surface area (Å²) in [6, 6.07) is 13.1. The number of aromatic amines is 1. The Morgan fingerprint density at radius 3 is 2.75 bits per heavy atom. The minimum Gasteiger partial charge on any atom is -0.321 e. The number of pyridine rings is 2. The topological polar surface area (TPSA) is 107 Å². The first kappa shape index (κ1) is 17.4. The van der Waals surface area contributed by atoms with E-state index in [-0.39, 0.29) is 11.6 Å². The molecule has 0 bridgehead atoms. The lowest BCUT2D eigenvalue weighted by Crippen LogP contribution is -2.15. The quantitative estimate of drug-likeness (QED) is 0.572. The average molecular weight is 368 g/mol. The number of hydrogen-bond donors (Lipinski definition) is 2. The number of H-pyrrole nitrogens is 1. The number of nitrogens with zero attached hydrogens (tertiary/aromatic N) is 4. The van der Waals surface area contributed by atoms with Crippen molar-refractivity contribution >= 4 is 22.5 Å². The van der Waals surface area contributed by atoms with Gasteiger partial charge in [-0.3, -0.25) is 14.9 Å². The number of carbonyl (C=O) groups excluding carboxylic acids is 1. The molecule has 0 unspecified atom stereocenters. The smallest absolute Gasteiger partial charge is 0.274 e. The molecule has 2 N–H and O–H groups in total. The number of hydrogen-bond acceptors (Lipinski definition) is 5. The molecule has 0 saturated carbocycles. The SMILES string of the molecule is Cc1cc(-c2n[nH]c3ccc(NC(=O)c4ncc(C#N)cc4C)cc23)ccn1. The highest BCUT2D eigenvalue weighted by Crippen LogP contribution is 2.28. The molecule has 0 radical (unpaired) electrons. The summed E-state index contributed by atoms with van der Waals surface area (Å²) in [7, 11) is 0. The van der Waals surface area contributed by atoms with Crippen LogP contribution in [0.1, 0.15) is 27.3 Å². The molecule has 0 saturated heterocycles. The lowest BCUT2D eigenvalue weighted by atomic mass is 10.1. The number of anilines is 1. The molecule has 28 heavy (non-hydrogen) atoms. The average Bonchev–Trinajstić information content (AvgIpc) is 3.11. The van der Waals surface area contributed by atoms with Crippen molar-refractivity contribution in [3.8, 4) is 17.3 Å². The van der Waals surface area contributed by atoms with Gasteiger partial charge in [-0.2, -0.15) is 10.4 Å². The molecule has 0 fully saturated rings. The van der Waals surface area contributed by atoms with Crippen molar-refractivity contribution in [3.05, 3.63) is 71.3 Å². The molecule has 3 heterocycles. The van der Waals surface area contributed by atoms with E-state index in [1.807, 2.05) is 37.3 Å². The van der Waals surface area contributed by atoms with Gasteiger partial charge in [-0.1, -0.05) is 0 Å². The number of rotatable bonds is 3. The van der Waals surface area contributed by atoms with Crippen LogP contribution >= 0.6 is 0 Å². The summed E-state index contributed by atoms with van der Waals surface area (Å²) in [6.45, 7) is 3.68. The zero-order valence-electron chi connectivity index (χ0n) is 15.3. The number of aryl methyl sites for hydroxylation is 2. The van der Waals surface area contributed by atoms with Crippen LogP contribution < -0.4 is 5.32 Å². The lowest BCUT2D eigenvalue weighted by molar-refractivity contribution is 0.102. The summed E-state index contributed by atoms with van der Waals surface area (Å²) in [5, 5.41) is 20.1. The van der Waals surface area contributed by atoms with Crippen molar-refractivity contribution in [2.24, 2.45) is 0 Å². The second-order valence-electron chi connectivity index (χ2n) is 6.47. The van der Waals surface area contributed by atoms with Crippen LogP contribution in [0.15, 0.2) is 48.8 Å². The summed E-state index contributed by atoms with van der Waals surface area (Å²) in [5.74, 6) is -0.328.